The van der Waals surface area contributed by atoms with Crippen molar-refractivity contribution < 1.29 is 14.1 Å². The maximum absolute atomic E-state index is 10.4. The topological polar surface area (TPSA) is 117 Å². The summed E-state index contributed by atoms with van der Waals surface area (Å²) in [7, 11) is 0. The van der Waals surface area contributed by atoms with Crippen LogP contribution in [0.15, 0.2) is 4.52 Å². The fourth-order valence-corrected chi connectivity index (χ4v) is 2.91. The van der Waals surface area contributed by atoms with E-state index in [1.54, 1.807) is 0 Å². The number of rotatable bonds is 8. The van der Waals surface area contributed by atoms with Crippen LogP contribution in [-0.2, 0) is 11.2 Å². The Labute approximate surface area is 130 Å². The van der Waals surface area contributed by atoms with Crippen LogP contribution in [0.4, 0.5) is 4.79 Å². The van der Waals surface area contributed by atoms with Gasteiger partial charge in [0.05, 0.1) is 12.6 Å². The van der Waals surface area contributed by atoms with Gasteiger partial charge in [0, 0.05) is 6.42 Å². The SMILES string of the molecule is NC(=O)OCCCC[C@H](N)c1nc(CC2CCCCC2)no1. The molecule has 7 nitrogen and oxygen atoms in total. The van der Waals surface area contributed by atoms with Crippen LogP contribution in [-0.4, -0.2) is 22.8 Å². The van der Waals surface area contributed by atoms with E-state index in [1.807, 2.05) is 0 Å². The molecular formula is C15H26N4O3. The maximum atomic E-state index is 10.4. The second-order valence-corrected chi connectivity index (χ2v) is 6.03. The third kappa shape index (κ3) is 5.63. The zero-order valence-corrected chi connectivity index (χ0v) is 13.0. The molecule has 7 heteroatoms. The minimum atomic E-state index is -0.742. The lowest BCUT2D eigenvalue weighted by atomic mass is 9.87. The van der Waals surface area contributed by atoms with Crippen molar-refractivity contribution in [3.05, 3.63) is 11.7 Å². The van der Waals surface area contributed by atoms with Crippen LogP contribution >= 0.6 is 0 Å². The molecule has 1 aliphatic carbocycles. The Balaban J connectivity index is 1.69. The summed E-state index contributed by atoms with van der Waals surface area (Å²) < 4.78 is 9.94. The van der Waals surface area contributed by atoms with Crippen molar-refractivity contribution in [2.24, 2.45) is 17.4 Å². The van der Waals surface area contributed by atoms with Crippen LogP contribution < -0.4 is 11.5 Å². The summed E-state index contributed by atoms with van der Waals surface area (Å²) in [6.07, 6.45) is 8.88. The van der Waals surface area contributed by atoms with E-state index in [9.17, 15) is 4.79 Å². The summed E-state index contributed by atoms with van der Waals surface area (Å²) in [6, 6.07) is -0.263. The maximum Gasteiger partial charge on any atom is 0.404 e. The van der Waals surface area contributed by atoms with Gasteiger partial charge in [0.1, 0.15) is 0 Å². The third-order valence-corrected chi connectivity index (χ3v) is 4.15. The Bertz CT molecular complexity index is 457. The van der Waals surface area contributed by atoms with E-state index in [-0.39, 0.29) is 6.04 Å². The summed E-state index contributed by atoms with van der Waals surface area (Å²) in [4.78, 5) is 14.8. The van der Waals surface area contributed by atoms with Crippen molar-refractivity contribution in [2.75, 3.05) is 6.61 Å². The molecule has 1 heterocycles. The van der Waals surface area contributed by atoms with E-state index >= 15 is 0 Å². The number of aromatic nitrogens is 2. The van der Waals surface area contributed by atoms with E-state index in [2.05, 4.69) is 14.9 Å². The second-order valence-electron chi connectivity index (χ2n) is 6.03. The molecule has 22 heavy (non-hydrogen) atoms. The molecule has 0 aromatic carbocycles. The molecule has 1 fully saturated rings. The molecule has 1 aliphatic rings. The molecule has 1 aromatic heterocycles. The van der Waals surface area contributed by atoms with Gasteiger partial charge in [0.15, 0.2) is 5.82 Å². The first-order valence-corrected chi connectivity index (χ1v) is 8.15. The van der Waals surface area contributed by atoms with Gasteiger partial charge in [-0.2, -0.15) is 4.98 Å². The minimum absolute atomic E-state index is 0.263. The molecule has 0 unspecified atom stereocenters. The molecule has 124 valence electrons. The Kier molecular flexibility index (Phi) is 6.64. The normalized spacial score (nSPS) is 17.3. The van der Waals surface area contributed by atoms with Crippen molar-refractivity contribution in [1.29, 1.82) is 0 Å². The van der Waals surface area contributed by atoms with Gasteiger partial charge in [0.2, 0.25) is 5.89 Å². The Morgan fingerprint density at radius 3 is 2.82 bits per heavy atom. The monoisotopic (exact) mass is 310 g/mol. The van der Waals surface area contributed by atoms with Crippen LogP contribution in [0, 0.1) is 5.92 Å². The molecule has 1 aromatic rings. The molecule has 0 radical (unpaired) electrons. The number of carbonyl (C=O) groups excluding carboxylic acids is 1. The highest BCUT2D eigenvalue weighted by Gasteiger charge is 2.19. The first-order valence-electron chi connectivity index (χ1n) is 8.15. The summed E-state index contributed by atoms with van der Waals surface area (Å²) in [5.74, 6) is 1.96. The number of primary amides is 1. The van der Waals surface area contributed by atoms with Crippen LogP contribution in [0.3, 0.4) is 0 Å². The van der Waals surface area contributed by atoms with E-state index in [1.165, 1.54) is 32.1 Å². The molecule has 0 spiro atoms. The number of amides is 1. The summed E-state index contributed by atoms with van der Waals surface area (Å²) in [5, 5.41) is 4.05. The number of nitrogens with zero attached hydrogens (tertiary/aromatic N) is 2. The van der Waals surface area contributed by atoms with E-state index in [0.29, 0.717) is 24.8 Å². The molecule has 0 aliphatic heterocycles. The average molecular weight is 310 g/mol. The van der Waals surface area contributed by atoms with Crippen LogP contribution in [0.2, 0.25) is 0 Å². The minimum Gasteiger partial charge on any atom is -0.450 e. The van der Waals surface area contributed by atoms with E-state index in [0.717, 1.165) is 25.1 Å². The lowest BCUT2D eigenvalue weighted by Gasteiger charge is -2.19. The third-order valence-electron chi connectivity index (χ3n) is 4.15. The van der Waals surface area contributed by atoms with Crippen molar-refractivity contribution in [2.45, 2.75) is 63.8 Å². The van der Waals surface area contributed by atoms with Crippen LogP contribution in [0.1, 0.15) is 69.1 Å². The number of ether oxygens (including phenoxy) is 1. The van der Waals surface area contributed by atoms with Gasteiger partial charge in [-0.3, -0.25) is 0 Å². The van der Waals surface area contributed by atoms with Gasteiger partial charge in [-0.15, -0.1) is 0 Å². The van der Waals surface area contributed by atoms with Gasteiger partial charge >= 0.3 is 6.09 Å². The molecular weight excluding hydrogens is 284 g/mol. The number of hydrogen-bond acceptors (Lipinski definition) is 6. The predicted octanol–water partition coefficient (Wildman–Crippen LogP) is 2.46. The number of nitrogens with two attached hydrogens (primary N) is 2. The van der Waals surface area contributed by atoms with Crippen molar-refractivity contribution >= 4 is 6.09 Å². The lowest BCUT2D eigenvalue weighted by molar-refractivity contribution is 0.154. The van der Waals surface area contributed by atoms with Gasteiger partial charge < -0.3 is 20.7 Å². The molecule has 4 N–H and O–H groups in total. The van der Waals surface area contributed by atoms with Crippen molar-refractivity contribution in [3.63, 3.8) is 0 Å². The second kappa shape index (κ2) is 8.73. The molecule has 1 atom stereocenters. The zero-order valence-electron chi connectivity index (χ0n) is 13.0. The van der Waals surface area contributed by atoms with Crippen LogP contribution in [0.5, 0.6) is 0 Å². The molecule has 2 rings (SSSR count). The molecule has 0 bridgehead atoms. The molecule has 0 saturated heterocycles. The van der Waals surface area contributed by atoms with Gasteiger partial charge in [-0.05, 0) is 25.2 Å². The highest BCUT2D eigenvalue weighted by molar-refractivity contribution is 5.64. The first-order chi connectivity index (χ1) is 10.6. The smallest absolute Gasteiger partial charge is 0.404 e. The van der Waals surface area contributed by atoms with Gasteiger partial charge in [-0.1, -0.05) is 37.3 Å². The Morgan fingerprint density at radius 2 is 2.09 bits per heavy atom. The van der Waals surface area contributed by atoms with E-state index < -0.39 is 6.09 Å². The fourth-order valence-electron chi connectivity index (χ4n) is 2.91. The Hall–Kier alpha value is -1.63. The predicted molar refractivity (Wildman–Crippen MR) is 80.9 cm³/mol. The quantitative estimate of drug-likeness (QED) is 0.712. The van der Waals surface area contributed by atoms with Gasteiger partial charge in [-0.25, -0.2) is 4.79 Å². The zero-order chi connectivity index (χ0) is 15.8. The lowest BCUT2D eigenvalue weighted by Crippen LogP contribution is -2.15. The highest BCUT2D eigenvalue weighted by Crippen LogP contribution is 2.26. The summed E-state index contributed by atoms with van der Waals surface area (Å²) in [5.41, 5.74) is 10.9. The van der Waals surface area contributed by atoms with Crippen molar-refractivity contribution in [1.82, 2.24) is 10.1 Å². The standard InChI is InChI=1S/C15H26N4O3/c16-12(8-4-5-9-21-15(17)20)14-18-13(19-22-14)10-11-6-2-1-3-7-11/h11-12H,1-10,16H2,(H2,17,20)/t12-/m0/s1. The summed E-state index contributed by atoms with van der Waals surface area (Å²) in [6.45, 7) is 0.318. The van der Waals surface area contributed by atoms with Gasteiger partial charge in [0.25, 0.3) is 0 Å². The van der Waals surface area contributed by atoms with E-state index in [4.69, 9.17) is 16.0 Å². The largest absolute Gasteiger partial charge is 0.450 e. The number of hydrogen-bond donors (Lipinski definition) is 2. The molecule has 1 amide bonds. The van der Waals surface area contributed by atoms with Crippen molar-refractivity contribution in [3.8, 4) is 0 Å². The summed E-state index contributed by atoms with van der Waals surface area (Å²) >= 11 is 0. The first kappa shape index (κ1) is 16.7. The highest BCUT2D eigenvalue weighted by atomic mass is 16.5. The molecule has 1 saturated carbocycles. The number of carbonyl (C=O) groups is 1. The number of unbranched alkanes of at least 4 members (excludes halogenated alkanes) is 1. The fraction of sp³-hybridized carbons (Fsp3) is 0.800. The average Bonchev–Trinajstić information content (AvgIpc) is 2.96. The van der Waals surface area contributed by atoms with Crippen LogP contribution in [0.25, 0.3) is 0 Å². The Morgan fingerprint density at radius 1 is 1.32 bits per heavy atom.